The van der Waals surface area contributed by atoms with Gasteiger partial charge in [0.15, 0.2) is 0 Å². The maximum absolute atomic E-state index is 12.6. The minimum absolute atomic E-state index is 0.153. The van der Waals surface area contributed by atoms with Gasteiger partial charge < -0.3 is 9.15 Å². The molecule has 0 radical (unpaired) electrons. The SMILES string of the molecule is Cc1ccc(C[NH+]2COc3c(cc4c5c(c(=O)oc4c3C)CCCCC5)C2)cc1. The molecule has 150 valence electrons. The van der Waals surface area contributed by atoms with Crippen LogP contribution in [0.3, 0.4) is 0 Å². The molecule has 1 unspecified atom stereocenters. The summed E-state index contributed by atoms with van der Waals surface area (Å²) >= 11 is 0. The third kappa shape index (κ3) is 3.36. The van der Waals surface area contributed by atoms with Crippen molar-refractivity contribution >= 4 is 11.0 Å². The van der Waals surface area contributed by atoms with E-state index in [9.17, 15) is 4.79 Å². The van der Waals surface area contributed by atoms with Gasteiger partial charge in [0.25, 0.3) is 0 Å². The Labute approximate surface area is 171 Å². The molecule has 5 rings (SSSR count). The molecular weight excluding hydrogens is 362 g/mol. The molecule has 0 bridgehead atoms. The first-order valence-corrected chi connectivity index (χ1v) is 10.7. The minimum Gasteiger partial charge on any atom is -0.444 e. The molecule has 1 aliphatic carbocycles. The van der Waals surface area contributed by atoms with E-state index >= 15 is 0 Å². The van der Waals surface area contributed by atoms with E-state index in [1.54, 1.807) is 0 Å². The van der Waals surface area contributed by atoms with Crippen molar-refractivity contribution in [3.05, 3.63) is 74.1 Å². The maximum Gasteiger partial charge on any atom is 0.339 e. The maximum atomic E-state index is 12.6. The first-order valence-electron chi connectivity index (χ1n) is 10.7. The van der Waals surface area contributed by atoms with E-state index in [1.807, 2.05) is 6.92 Å². The van der Waals surface area contributed by atoms with E-state index < -0.39 is 0 Å². The Hall–Kier alpha value is -2.59. The van der Waals surface area contributed by atoms with Crippen LogP contribution in [0.15, 0.2) is 39.5 Å². The number of hydrogen-bond donors (Lipinski definition) is 1. The number of nitrogens with one attached hydrogen (secondary N) is 1. The quantitative estimate of drug-likeness (QED) is 0.537. The van der Waals surface area contributed by atoms with Gasteiger partial charge in [-0.15, -0.1) is 0 Å². The number of ether oxygens (including phenoxy) is 1. The van der Waals surface area contributed by atoms with Gasteiger partial charge in [-0.3, -0.25) is 4.90 Å². The Morgan fingerprint density at radius 1 is 1.00 bits per heavy atom. The van der Waals surface area contributed by atoms with Gasteiger partial charge in [0.05, 0.1) is 0 Å². The number of rotatable bonds is 2. The van der Waals surface area contributed by atoms with Crippen molar-refractivity contribution < 1.29 is 14.1 Å². The number of benzene rings is 2. The first kappa shape index (κ1) is 18.4. The molecule has 2 heterocycles. The molecule has 1 aromatic heterocycles. The molecule has 1 aliphatic heterocycles. The van der Waals surface area contributed by atoms with Crippen molar-refractivity contribution in [1.82, 2.24) is 0 Å². The molecule has 1 N–H and O–H groups in total. The number of fused-ring (bicyclic) bond motifs is 4. The fraction of sp³-hybridized carbons (Fsp3) is 0.400. The van der Waals surface area contributed by atoms with E-state index in [-0.39, 0.29) is 5.63 Å². The van der Waals surface area contributed by atoms with Crippen molar-refractivity contribution in [3.8, 4) is 5.75 Å². The van der Waals surface area contributed by atoms with Crippen LogP contribution in [0.2, 0.25) is 0 Å². The summed E-state index contributed by atoms with van der Waals surface area (Å²) in [6, 6.07) is 11.0. The highest BCUT2D eigenvalue weighted by molar-refractivity contribution is 5.87. The van der Waals surface area contributed by atoms with Crippen LogP contribution < -0.4 is 15.3 Å². The van der Waals surface area contributed by atoms with E-state index in [1.165, 1.54) is 33.6 Å². The molecule has 0 saturated carbocycles. The normalized spacial score (nSPS) is 18.6. The second kappa shape index (κ2) is 7.34. The molecule has 4 nitrogen and oxygen atoms in total. The van der Waals surface area contributed by atoms with Gasteiger partial charge in [-0.1, -0.05) is 36.2 Å². The van der Waals surface area contributed by atoms with E-state index in [0.717, 1.165) is 66.6 Å². The summed E-state index contributed by atoms with van der Waals surface area (Å²) in [5.41, 5.74) is 7.49. The van der Waals surface area contributed by atoms with Crippen LogP contribution in [0.25, 0.3) is 11.0 Å². The summed E-state index contributed by atoms with van der Waals surface area (Å²) in [5, 5.41) is 1.12. The molecular formula is C25H28NO3+. The largest absolute Gasteiger partial charge is 0.444 e. The molecule has 4 heteroatoms. The molecule has 0 fully saturated rings. The lowest BCUT2D eigenvalue weighted by molar-refractivity contribution is -0.945. The van der Waals surface area contributed by atoms with Gasteiger partial charge >= 0.3 is 5.63 Å². The van der Waals surface area contributed by atoms with Gasteiger partial charge in [-0.25, -0.2) is 4.79 Å². The van der Waals surface area contributed by atoms with E-state index in [0.29, 0.717) is 6.73 Å². The Morgan fingerprint density at radius 3 is 2.55 bits per heavy atom. The van der Waals surface area contributed by atoms with E-state index in [4.69, 9.17) is 9.15 Å². The summed E-state index contributed by atoms with van der Waals surface area (Å²) in [7, 11) is 0. The van der Waals surface area contributed by atoms with E-state index in [2.05, 4.69) is 37.3 Å². The highest BCUT2D eigenvalue weighted by Crippen LogP contribution is 2.35. The average Bonchev–Trinajstić information content (AvgIpc) is 2.98. The highest BCUT2D eigenvalue weighted by atomic mass is 16.5. The topological polar surface area (TPSA) is 43.9 Å². The van der Waals surface area contributed by atoms with Crippen LogP contribution >= 0.6 is 0 Å². The second-order valence-electron chi connectivity index (χ2n) is 8.65. The smallest absolute Gasteiger partial charge is 0.339 e. The Morgan fingerprint density at radius 2 is 1.76 bits per heavy atom. The first-order chi connectivity index (χ1) is 14.1. The average molecular weight is 391 g/mol. The Bertz CT molecular complexity index is 1130. The van der Waals surface area contributed by atoms with Crippen molar-refractivity contribution in [2.24, 2.45) is 0 Å². The molecule has 0 amide bonds. The van der Waals surface area contributed by atoms with Gasteiger partial charge in [0, 0.05) is 27.6 Å². The molecule has 1 atom stereocenters. The summed E-state index contributed by atoms with van der Waals surface area (Å²) in [6.45, 7) is 6.64. The number of aryl methyl sites for hydroxylation is 3. The molecule has 29 heavy (non-hydrogen) atoms. The van der Waals surface area contributed by atoms with Crippen LogP contribution in [-0.4, -0.2) is 6.73 Å². The number of quaternary nitrogens is 1. The minimum atomic E-state index is -0.153. The third-order valence-electron chi connectivity index (χ3n) is 6.46. The monoisotopic (exact) mass is 390 g/mol. The summed E-state index contributed by atoms with van der Waals surface area (Å²) in [4.78, 5) is 14.0. The summed E-state index contributed by atoms with van der Waals surface area (Å²) < 4.78 is 12.0. The summed E-state index contributed by atoms with van der Waals surface area (Å²) in [6.07, 6.45) is 5.20. The Kier molecular flexibility index (Phi) is 4.67. The zero-order valence-corrected chi connectivity index (χ0v) is 17.3. The molecule has 2 aromatic carbocycles. The molecule has 2 aliphatic rings. The van der Waals surface area contributed by atoms with Crippen LogP contribution in [0.1, 0.15) is 52.6 Å². The van der Waals surface area contributed by atoms with Gasteiger partial charge in [0.1, 0.15) is 24.4 Å². The predicted molar refractivity (Wildman–Crippen MR) is 114 cm³/mol. The zero-order chi connectivity index (χ0) is 20.0. The van der Waals surface area contributed by atoms with Gasteiger partial charge in [-0.05, 0) is 51.2 Å². The van der Waals surface area contributed by atoms with Crippen LogP contribution in [0.4, 0.5) is 0 Å². The van der Waals surface area contributed by atoms with Gasteiger partial charge in [0.2, 0.25) is 6.73 Å². The van der Waals surface area contributed by atoms with Crippen LogP contribution in [0, 0.1) is 13.8 Å². The molecule has 0 spiro atoms. The predicted octanol–water partition coefficient (Wildman–Crippen LogP) is 3.61. The van der Waals surface area contributed by atoms with Gasteiger partial charge in [-0.2, -0.15) is 0 Å². The fourth-order valence-corrected chi connectivity index (χ4v) is 4.90. The van der Waals surface area contributed by atoms with Crippen molar-refractivity contribution in [2.75, 3.05) is 6.73 Å². The van der Waals surface area contributed by atoms with Crippen molar-refractivity contribution in [1.29, 1.82) is 0 Å². The van der Waals surface area contributed by atoms with Crippen molar-refractivity contribution in [3.63, 3.8) is 0 Å². The Balaban J connectivity index is 1.54. The lowest BCUT2D eigenvalue weighted by Gasteiger charge is -2.28. The highest BCUT2D eigenvalue weighted by Gasteiger charge is 2.27. The third-order valence-corrected chi connectivity index (χ3v) is 6.46. The molecule has 3 aromatic rings. The van der Waals surface area contributed by atoms with Crippen molar-refractivity contribution in [2.45, 2.75) is 59.0 Å². The standard InChI is InChI=1S/C25H27NO3/c1-16-8-10-18(11-9-16)13-26-14-19-12-22-20-6-4-3-5-7-21(20)25(27)29-24(22)17(2)23(19)28-15-26/h8-12H,3-7,13-15H2,1-2H3/p+1. The molecule has 0 saturated heterocycles. The zero-order valence-electron chi connectivity index (χ0n) is 17.3. The van der Waals surface area contributed by atoms with Crippen LogP contribution in [0.5, 0.6) is 5.75 Å². The van der Waals surface area contributed by atoms with Crippen LogP contribution in [-0.2, 0) is 25.9 Å². The lowest BCUT2D eigenvalue weighted by Crippen LogP contribution is -3.10. The number of hydrogen-bond acceptors (Lipinski definition) is 3. The lowest BCUT2D eigenvalue weighted by atomic mass is 9.95. The fourth-order valence-electron chi connectivity index (χ4n) is 4.90. The summed E-state index contributed by atoms with van der Waals surface area (Å²) in [5.74, 6) is 0.905. The second-order valence-corrected chi connectivity index (χ2v) is 8.65.